The number of hydrogen-bond acceptors (Lipinski definition) is 4. The third-order valence-corrected chi connectivity index (χ3v) is 2.44. The van der Waals surface area contributed by atoms with E-state index in [2.05, 4.69) is 11.1 Å². The Morgan fingerprint density at radius 1 is 1.44 bits per heavy atom. The highest BCUT2D eigenvalue weighted by Crippen LogP contribution is 2.34. The van der Waals surface area contributed by atoms with Gasteiger partial charge < -0.3 is 14.5 Å². The number of hydrogen-bond donors (Lipinski definition) is 2. The van der Waals surface area contributed by atoms with Crippen LogP contribution in [0.15, 0.2) is 12.7 Å². The molecule has 0 aliphatic rings. The number of phosphoric acid groups is 1. The Morgan fingerprint density at radius 2 is 1.89 bits per heavy atom. The van der Waals surface area contributed by atoms with E-state index in [9.17, 15) is 9.36 Å². The van der Waals surface area contributed by atoms with E-state index in [-0.39, 0.29) is 18.8 Å². The summed E-state index contributed by atoms with van der Waals surface area (Å²) in [6.45, 7) is 6.72. The lowest BCUT2D eigenvalue weighted by Crippen LogP contribution is -2.45. The number of ether oxygens (including phenoxy) is 1. The molecule has 0 spiro atoms. The van der Waals surface area contributed by atoms with Gasteiger partial charge in [0, 0.05) is 13.0 Å². The van der Waals surface area contributed by atoms with Crippen molar-refractivity contribution in [2.75, 3.05) is 27.7 Å². The number of carbonyl (C=O) groups excluding carboxylic acids is 1. The summed E-state index contributed by atoms with van der Waals surface area (Å²) in [5, 5.41) is 0. The average molecular weight is 284 g/mol. The quantitative estimate of drug-likeness (QED) is 0.256. The first kappa shape index (κ1) is 19.6. The van der Waals surface area contributed by atoms with Gasteiger partial charge in [0.05, 0.1) is 27.7 Å². The molecule has 0 amide bonds. The molecule has 0 aromatic heterocycles. The van der Waals surface area contributed by atoms with Gasteiger partial charge in [-0.2, -0.15) is 0 Å². The van der Waals surface area contributed by atoms with Crippen molar-refractivity contribution in [2.24, 2.45) is 0 Å². The molecule has 0 saturated heterocycles. The predicted octanol–water partition coefficient (Wildman–Crippen LogP) is 0.883. The van der Waals surface area contributed by atoms with E-state index in [0.717, 1.165) is 0 Å². The van der Waals surface area contributed by atoms with Crippen molar-refractivity contribution in [3.8, 4) is 0 Å². The van der Waals surface area contributed by atoms with E-state index in [0.29, 0.717) is 4.48 Å². The van der Waals surface area contributed by atoms with Crippen molar-refractivity contribution in [1.82, 2.24) is 0 Å². The summed E-state index contributed by atoms with van der Waals surface area (Å²) < 4.78 is 19.2. The summed E-state index contributed by atoms with van der Waals surface area (Å²) in [6.07, 6.45) is 1.03. The van der Waals surface area contributed by atoms with Crippen molar-refractivity contribution in [1.29, 1.82) is 0 Å². The standard InChI is InChI=1S/C8H16NO2.C2H7O4P/c1-6-8(10)11-7(2)9(3,4)5;1-2-6-7(3,4)5/h6-7H,1H2,2-5H3;2H2,1H3,(H2,3,4,5)/q+1;. The fourth-order valence-electron chi connectivity index (χ4n) is 0.543. The first-order valence-corrected chi connectivity index (χ1v) is 6.81. The van der Waals surface area contributed by atoms with Crippen LogP contribution in [0.2, 0.25) is 0 Å². The normalized spacial score (nSPS) is 13.1. The molecular formula is C10H23NO6P+. The molecule has 0 fully saturated rings. The van der Waals surface area contributed by atoms with Crippen LogP contribution in [0.3, 0.4) is 0 Å². The fraction of sp³-hybridized carbons (Fsp3) is 0.700. The minimum atomic E-state index is -4.17. The van der Waals surface area contributed by atoms with Gasteiger partial charge in [-0.1, -0.05) is 6.58 Å². The number of nitrogens with zero attached hydrogens (tertiary/aromatic N) is 1. The van der Waals surface area contributed by atoms with Crippen LogP contribution in [0, 0.1) is 0 Å². The monoisotopic (exact) mass is 284 g/mol. The predicted molar refractivity (Wildman–Crippen MR) is 67.5 cm³/mol. The highest BCUT2D eigenvalue weighted by atomic mass is 31.2. The Balaban J connectivity index is 0. The van der Waals surface area contributed by atoms with Crippen molar-refractivity contribution < 1.29 is 32.9 Å². The largest absolute Gasteiger partial charge is 0.469 e. The third-order valence-electron chi connectivity index (χ3n) is 1.84. The molecule has 2 N–H and O–H groups in total. The minimum absolute atomic E-state index is 0.0459. The summed E-state index contributed by atoms with van der Waals surface area (Å²) in [7, 11) is 1.71. The van der Waals surface area contributed by atoms with Crippen LogP contribution in [-0.2, 0) is 18.6 Å². The number of rotatable bonds is 5. The molecule has 0 aliphatic carbocycles. The molecule has 0 heterocycles. The van der Waals surface area contributed by atoms with Gasteiger partial charge in [0.15, 0.2) is 0 Å². The molecule has 0 aromatic carbocycles. The molecule has 1 atom stereocenters. The van der Waals surface area contributed by atoms with E-state index in [1.165, 1.54) is 13.0 Å². The third kappa shape index (κ3) is 13.3. The van der Waals surface area contributed by atoms with Crippen LogP contribution in [0.1, 0.15) is 13.8 Å². The lowest BCUT2D eigenvalue weighted by Gasteiger charge is -2.29. The second-order valence-electron chi connectivity index (χ2n) is 4.26. The Hall–Kier alpha value is -0.720. The number of carbonyl (C=O) groups is 1. The molecule has 108 valence electrons. The summed E-state index contributed by atoms with van der Waals surface area (Å²) in [5.74, 6) is -0.370. The average Bonchev–Trinajstić information content (AvgIpc) is 2.15. The van der Waals surface area contributed by atoms with E-state index < -0.39 is 7.82 Å². The van der Waals surface area contributed by atoms with Crippen LogP contribution in [0.5, 0.6) is 0 Å². The van der Waals surface area contributed by atoms with Crippen molar-refractivity contribution in [2.45, 2.75) is 20.1 Å². The Morgan fingerprint density at radius 3 is 2.06 bits per heavy atom. The number of quaternary nitrogens is 1. The van der Waals surface area contributed by atoms with Gasteiger partial charge in [0.2, 0.25) is 6.23 Å². The van der Waals surface area contributed by atoms with Crippen LogP contribution >= 0.6 is 7.82 Å². The minimum Gasteiger partial charge on any atom is -0.410 e. The Labute approximate surface area is 108 Å². The summed E-state index contributed by atoms with van der Waals surface area (Å²) in [6, 6.07) is 0. The lowest BCUT2D eigenvalue weighted by molar-refractivity contribution is -0.914. The van der Waals surface area contributed by atoms with Crippen LogP contribution in [0.4, 0.5) is 0 Å². The Bertz CT molecular complexity index is 306. The molecule has 18 heavy (non-hydrogen) atoms. The molecule has 1 unspecified atom stereocenters. The summed E-state index contributed by atoms with van der Waals surface area (Å²) in [4.78, 5) is 26.5. The second-order valence-corrected chi connectivity index (χ2v) is 5.50. The molecule has 0 aliphatic heterocycles. The van der Waals surface area contributed by atoms with E-state index in [1.807, 2.05) is 28.1 Å². The number of phosphoric ester groups is 1. The van der Waals surface area contributed by atoms with Gasteiger partial charge in [-0.05, 0) is 6.92 Å². The van der Waals surface area contributed by atoms with Crippen LogP contribution in [-0.4, -0.2) is 54.2 Å². The fourth-order valence-corrected chi connectivity index (χ4v) is 0.879. The molecule has 0 saturated carbocycles. The molecule has 7 nitrogen and oxygen atoms in total. The molecule has 0 aromatic rings. The zero-order valence-electron chi connectivity index (χ0n) is 11.5. The molecule has 0 bridgehead atoms. The first-order valence-electron chi connectivity index (χ1n) is 5.28. The first-order chi connectivity index (χ1) is 7.94. The lowest BCUT2D eigenvalue weighted by atomic mass is 10.5. The number of esters is 1. The van der Waals surface area contributed by atoms with Crippen molar-refractivity contribution in [3.05, 3.63) is 12.7 Å². The highest BCUT2D eigenvalue weighted by molar-refractivity contribution is 7.46. The highest BCUT2D eigenvalue weighted by Gasteiger charge is 2.20. The zero-order valence-corrected chi connectivity index (χ0v) is 12.4. The molecular weight excluding hydrogens is 261 g/mol. The SMILES string of the molecule is C=CC(=O)OC(C)[N+](C)(C)C.CCOP(=O)(O)O. The van der Waals surface area contributed by atoms with Gasteiger partial charge in [-0.25, -0.2) is 9.36 Å². The molecule has 8 heteroatoms. The van der Waals surface area contributed by atoms with Gasteiger partial charge >= 0.3 is 13.8 Å². The van der Waals surface area contributed by atoms with Crippen LogP contribution < -0.4 is 0 Å². The van der Waals surface area contributed by atoms with E-state index in [1.54, 1.807) is 0 Å². The maximum absolute atomic E-state index is 10.7. The maximum Gasteiger partial charge on any atom is 0.469 e. The van der Waals surface area contributed by atoms with Crippen molar-refractivity contribution >= 4 is 13.8 Å². The van der Waals surface area contributed by atoms with Gasteiger partial charge in [-0.15, -0.1) is 0 Å². The summed E-state index contributed by atoms with van der Waals surface area (Å²) in [5.41, 5.74) is 0. The van der Waals surface area contributed by atoms with Gasteiger partial charge in [-0.3, -0.25) is 9.01 Å². The van der Waals surface area contributed by atoms with Crippen molar-refractivity contribution in [3.63, 3.8) is 0 Å². The second kappa shape index (κ2) is 8.39. The topological polar surface area (TPSA) is 93.1 Å². The van der Waals surface area contributed by atoms with E-state index >= 15 is 0 Å². The zero-order chi connectivity index (χ0) is 15.0. The van der Waals surface area contributed by atoms with E-state index in [4.69, 9.17) is 14.5 Å². The molecule has 0 radical (unpaired) electrons. The smallest absolute Gasteiger partial charge is 0.410 e. The maximum atomic E-state index is 10.7. The van der Waals surface area contributed by atoms with Gasteiger partial charge in [0.1, 0.15) is 0 Å². The Kier molecular flexibility index (Phi) is 9.15. The van der Waals surface area contributed by atoms with Gasteiger partial charge in [0.25, 0.3) is 0 Å². The van der Waals surface area contributed by atoms with Crippen LogP contribution in [0.25, 0.3) is 0 Å². The summed E-state index contributed by atoms with van der Waals surface area (Å²) >= 11 is 0. The molecule has 0 rings (SSSR count).